The van der Waals surface area contributed by atoms with E-state index >= 15 is 0 Å². The fraction of sp³-hybridized carbons (Fsp3) is 0.929. The Hall–Kier alpha value is -0.860. The van der Waals surface area contributed by atoms with Crippen LogP contribution in [0.2, 0.25) is 0 Å². The Morgan fingerprint density at radius 2 is 2.00 bits per heavy atom. The number of rotatable bonds is 3. The molecule has 7 nitrogen and oxygen atoms in total. The van der Waals surface area contributed by atoms with E-state index in [1.807, 2.05) is 27.7 Å². The second kappa shape index (κ2) is 5.98. The van der Waals surface area contributed by atoms with Crippen LogP contribution in [0.1, 0.15) is 34.1 Å². The highest BCUT2D eigenvalue weighted by molar-refractivity contribution is 7.88. The summed E-state index contributed by atoms with van der Waals surface area (Å²) < 4.78 is 37.0. The first kappa shape index (κ1) is 17.5. The molecule has 2 aliphatic heterocycles. The lowest BCUT2D eigenvalue weighted by Crippen LogP contribution is -2.50. The van der Waals surface area contributed by atoms with Crippen LogP contribution in [0.3, 0.4) is 0 Å². The number of likely N-dealkylation sites (tertiary alicyclic amines) is 1. The Labute approximate surface area is 132 Å². The maximum atomic E-state index is 12.6. The molecule has 4 atom stereocenters. The molecule has 2 aliphatic rings. The van der Waals surface area contributed by atoms with Crippen molar-refractivity contribution in [1.29, 1.82) is 0 Å². The zero-order valence-electron chi connectivity index (χ0n) is 13.8. The predicted molar refractivity (Wildman–Crippen MR) is 82.0 cm³/mol. The number of carbonyl (C=O) groups excluding carboxylic acids is 1. The van der Waals surface area contributed by atoms with Gasteiger partial charge in [0.15, 0.2) is 0 Å². The average Bonchev–Trinajstić information content (AvgIpc) is 2.86. The molecule has 0 saturated carbocycles. The standard InChI is InChI=1S/C14H26N2O5S/c1-6-10-12(15-22(5,18)19)9-7-20-8-11(9)16(10)13(17)21-14(2,3)4/h9-12,15H,6-8H2,1-5H3/t9-,10-,11+,12?/m0/s1. The Morgan fingerprint density at radius 3 is 2.50 bits per heavy atom. The molecule has 0 spiro atoms. The van der Waals surface area contributed by atoms with Gasteiger partial charge in [-0.05, 0) is 27.2 Å². The third-order valence-corrected chi connectivity index (χ3v) is 4.76. The molecule has 2 fully saturated rings. The number of nitrogens with zero attached hydrogens (tertiary/aromatic N) is 1. The average molecular weight is 334 g/mol. The quantitative estimate of drug-likeness (QED) is 0.830. The molecule has 128 valence electrons. The highest BCUT2D eigenvalue weighted by atomic mass is 32.2. The van der Waals surface area contributed by atoms with Gasteiger partial charge in [-0.15, -0.1) is 0 Å². The van der Waals surface area contributed by atoms with Crippen molar-refractivity contribution in [2.45, 2.75) is 57.8 Å². The van der Waals surface area contributed by atoms with Crippen LogP contribution in [0.5, 0.6) is 0 Å². The smallest absolute Gasteiger partial charge is 0.410 e. The number of hydrogen-bond donors (Lipinski definition) is 1. The van der Waals surface area contributed by atoms with Crippen molar-refractivity contribution in [3.8, 4) is 0 Å². The van der Waals surface area contributed by atoms with Crippen LogP contribution in [0.15, 0.2) is 0 Å². The third-order valence-electron chi connectivity index (χ3n) is 4.06. The molecule has 0 aromatic heterocycles. The lowest BCUT2D eigenvalue weighted by molar-refractivity contribution is 0.00927. The topological polar surface area (TPSA) is 84.9 Å². The SMILES string of the molecule is CC[C@H]1C(NS(C)(=O)=O)[C@H]2COC[C@H]2N1C(=O)OC(C)(C)C. The van der Waals surface area contributed by atoms with E-state index in [0.29, 0.717) is 19.6 Å². The van der Waals surface area contributed by atoms with Crippen LogP contribution >= 0.6 is 0 Å². The van der Waals surface area contributed by atoms with Gasteiger partial charge in [-0.1, -0.05) is 6.92 Å². The maximum Gasteiger partial charge on any atom is 0.410 e. The molecular formula is C14H26N2O5S. The number of fused-ring (bicyclic) bond motifs is 1. The number of amides is 1. The Bertz CT molecular complexity index is 528. The van der Waals surface area contributed by atoms with Crippen LogP contribution in [0, 0.1) is 5.92 Å². The highest BCUT2D eigenvalue weighted by Gasteiger charge is 2.54. The summed E-state index contributed by atoms with van der Waals surface area (Å²) in [5, 5.41) is 0. The molecule has 2 heterocycles. The summed E-state index contributed by atoms with van der Waals surface area (Å²) in [7, 11) is -3.36. The number of nitrogens with one attached hydrogen (secondary N) is 1. The van der Waals surface area contributed by atoms with Gasteiger partial charge in [0.25, 0.3) is 0 Å². The van der Waals surface area contributed by atoms with Gasteiger partial charge in [-0.2, -0.15) is 0 Å². The monoisotopic (exact) mass is 334 g/mol. The molecule has 0 aliphatic carbocycles. The van der Waals surface area contributed by atoms with E-state index in [1.54, 1.807) is 4.90 Å². The molecule has 22 heavy (non-hydrogen) atoms. The number of hydrogen-bond acceptors (Lipinski definition) is 5. The van der Waals surface area contributed by atoms with Crippen LogP contribution in [0.4, 0.5) is 4.79 Å². The van der Waals surface area contributed by atoms with E-state index in [4.69, 9.17) is 9.47 Å². The molecule has 1 N–H and O–H groups in total. The zero-order chi connectivity index (χ0) is 16.7. The van der Waals surface area contributed by atoms with Gasteiger partial charge in [0, 0.05) is 12.0 Å². The second-order valence-electron chi connectivity index (χ2n) is 7.05. The Morgan fingerprint density at radius 1 is 1.36 bits per heavy atom. The lowest BCUT2D eigenvalue weighted by atomic mass is 9.96. The minimum atomic E-state index is -3.36. The van der Waals surface area contributed by atoms with E-state index in [2.05, 4.69) is 4.72 Å². The summed E-state index contributed by atoms with van der Waals surface area (Å²) in [4.78, 5) is 14.2. The number of carbonyl (C=O) groups is 1. The molecule has 0 aromatic carbocycles. The van der Waals surface area contributed by atoms with Crippen molar-refractivity contribution in [2.24, 2.45) is 5.92 Å². The summed E-state index contributed by atoms with van der Waals surface area (Å²) in [6.45, 7) is 8.27. The van der Waals surface area contributed by atoms with E-state index in [-0.39, 0.29) is 24.0 Å². The van der Waals surface area contributed by atoms with Crippen molar-refractivity contribution in [3.05, 3.63) is 0 Å². The minimum absolute atomic E-state index is 0.0350. The van der Waals surface area contributed by atoms with Crippen LogP contribution in [0.25, 0.3) is 0 Å². The molecule has 0 bridgehead atoms. The van der Waals surface area contributed by atoms with Gasteiger partial charge < -0.3 is 9.47 Å². The Balaban J connectivity index is 2.27. The Kier molecular flexibility index (Phi) is 4.75. The summed E-state index contributed by atoms with van der Waals surface area (Å²) >= 11 is 0. The maximum absolute atomic E-state index is 12.6. The predicted octanol–water partition coefficient (Wildman–Crippen LogP) is 0.949. The van der Waals surface area contributed by atoms with Crippen molar-refractivity contribution >= 4 is 16.1 Å². The summed E-state index contributed by atoms with van der Waals surface area (Å²) in [6, 6.07) is -0.692. The molecule has 2 saturated heterocycles. The molecule has 2 rings (SSSR count). The van der Waals surface area contributed by atoms with Crippen molar-refractivity contribution in [3.63, 3.8) is 0 Å². The summed E-state index contributed by atoms with van der Waals surface area (Å²) in [5.74, 6) is -0.0350. The van der Waals surface area contributed by atoms with E-state index in [9.17, 15) is 13.2 Å². The second-order valence-corrected chi connectivity index (χ2v) is 8.83. The van der Waals surface area contributed by atoms with Gasteiger partial charge in [0.1, 0.15) is 5.60 Å². The van der Waals surface area contributed by atoms with Gasteiger partial charge in [-0.25, -0.2) is 17.9 Å². The first-order valence-corrected chi connectivity index (χ1v) is 9.49. The molecular weight excluding hydrogens is 308 g/mol. The zero-order valence-corrected chi connectivity index (χ0v) is 14.6. The lowest BCUT2D eigenvalue weighted by Gasteiger charge is -2.32. The molecule has 0 aromatic rings. The molecule has 8 heteroatoms. The van der Waals surface area contributed by atoms with Crippen LogP contribution in [-0.4, -0.2) is 62.6 Å². The fourth-order valence-corrected chi connectivity index (χ4v) is 4.17. The third kappa shape index (κ3) is 3.72. The van der Waals surface area contributed by atoms with Crippen LogP contribution < -0.4 is 4.72 Å². The van der Waals surface area contributed by atoms with Gasteiger partial charge in [0.2, 0.25) is 10.0 Å². The van der Waals surface area contributed by atoms with Crippen LogP contribution in [-0.2, 0) is 19.5 Å². The normalized spacial score (nSPS) is 32.1. The molecule has 0 radical (unpaired) electrons. The highest BCUT2D eigenvalue weighted by Crippen LogP contribution is 2.37. The van der Waals surface area contributed by atoms with Crippen molar-refractivity contribution < 1.29 is 22.7 Å². The molecule has 1 unspecified atom stereocenters. The number of sulfonamides is 1. The van der Waals surface area contributed by atoms with Crippen molar-refractivity contribution in [1.82, 2.24) is 9.62 Å². The van der Waals surface area contributed by atoms with Crippen molar-refractivity contribution in [2.75, 3.05) is 19.5 Å². The van der Waals surface area contributed by atoms with Gasteiger partial charge >= 0.3 is 6.09 Å². The van der Waals surface area contributed by atoms with E-state index in [1.165, 1.54) is 0 Å². The van der Waals surface area contributed by atoms with Gasteiger partial charge in [-0.3, -0.25) is 4.90 Å². The first-order chi connectivity index (χ1) is 10.0. The first-order valence-electron chi connectivity index (χ1n) is 7.60. The minimum Gasteiger partial charge on any atom is -0.444 e. The van der Waals surface area contributed by atoms with E-state index < -0.39 is 21.7 Å². The number of ether oxygens (including phenoxy) is 2. The summed E-state index contributed by atoms with van der Waals surface area (Å²) in [5.41, 5.74) is -0.591. The summed E-state index contributed by atoms with van der Waals surface area (Å²) in [6.07, 6.45) is 1.39. The van der Waals surface area contributed by atoms with E-state index in [0.717, 1.165) is 6.26 Å². The molecule has 1 amide bonds. The largest absolute Gasteiger partial charge is 0.444 e. The van der Waals surface area contributed by atoms with Gasteiger partial charge in [0.05, 0.1) is 31.6 Å². The fourth-order valence-electron chi connectivity index (χ4n) is 3.34.